The third kappa shape index (κ3) is 7.17. The van der Waals surface area contributed by atoms with Gasteiger partial charge in [0.15, 0.2) is 5.78 Å². The fraction of sp³-hybridized carbons (Fsp3) is 0.241. The number of fused-ring (bicyclic) bond motifs is 1. The topological polar surface area (TPSA) is 52.9 Å². The summed E-state index contributed by atoms with van der Waals surface area (Å²) in [5, 5.41) is 15.1. The number of Topliss-reactive ketones (excluding diaryl/α,β-unsaturated/α-hetero) is 1. The Morgan fingerprint density at radius 3 is 2.55 bits per heavy atom. The van der Waals surface area contributed by atoms with Gasteiger partial charge in [-0.3, -0.25) is 4.79 Å². The lowest BCUT2D eigenvalue weighted by Crippen LogP contribution is -2.18. The van der Waals surface area contributed by atoms with Crippen LogP contribution in [0.2, 0.25) is 0 Å². The number of hydrogen-bond acceptors (Lipinski definition) is 3. The monoisotopic (exact) mass is 502 g/mol. The van der Waals surface area contributed by atoms with Crippen LogP contribution in [-0.2, 0) is 0 Å². The largest absolute Gasteiger partial charge is 0.378 e. The van der Waals surface area contributed by atoms with E-state index in [4.69, 9.17) is 0 Å². The van der Waals surface area contributed by atoms with Gasteiger partial charge in [0.2, 0.25) is 0 Å². The summed E-state index contributed by atoms with van der Waals surface area (Å²) in [6.45, 7) is 13.5. The first-order valence-electron chi connectivity index (χ1n) is 11.1. The standard InChI is InChI=1S/C23H19BrN2O.C6H12/c1-14(22-11-17(16(3)27)8-9-19(22)13-25)26-15(2)23-12-20(24)10-18-6-4-5-7-21(18)23;1-3-5-6-4-2/h4-12,15,26H,1H2,2-3H3;3H,1,4-6H2,2H3. The Morgan fingerprint density at radius 1 is 1.21 bits per heavy atom. The number of carbonyl (C=O) groups excluding carboxylic acids is 1. The van der Waals surface area contributed by atoms with E-state index in [9.17, 15) is 10.1 Å². The number of unbranched alkanes of at least 4 members (excludes halogenated alkanes) is 2. The average molecular weight is 503 g/mol. The lowest BCUT2D eigenvalue weighted by atomic mass is 9.97. The highest BCUT2D eigenvalue weighted by atomic mass is 79.9. The fourth-order valence-corrected chi connectivity index (χ4v) is 4.03. The summed E-state index contributed by atoms with van der Waals surface area (Å²) < 4.78 is 1.01. The SMILES string of the molecule is C=C(NC(C)c1cc(Br)cc2ccccc12)c1cc(C(C)=O)ccc1C#N.C=CCCCC. The van der Waals surface area contributed by atoms with Gasteiger partial charge in [-0.05, 0) is 60.9 Å². The van der Waals surface area contributed by atoms with Crippen molar-refractivity contribution in [1.82, 2.24) is 5.32 Å². The maximum Gasteiger partial charge on any atom is 0.159 e. The zero-order valence-corrected chi connectivity index (χ0v) is 21.2. The normalized spacial score (nSPS) is 11.0. The van der Waals surface area contributed by atoms with Gasteiger partial charge in [0.1, 0.15) is 0 Å². The number of carbonyl (C=O) groups is 1. The van der Waals surface area contributed by atoms with E-state index in [1.165, 1.54) is 26.2 Å². The van der Waals surface area contributed by atoms with E-state index >= 15 is 0 Å². The molecule has 0 radical (unpaired) electrons. The number of allylic oxidation sites excluding steroid dienone is 1. The molecule has 1 N–H and O–H groups in total. The van der Waals surface area contributed by atoms with E-state index in [1.807, 2.05) is 18.2 Å². The third-order valence-electron chi connectivity index (χ3n) is 5.35. The minimum atomic E-state index is -0.0421. The average Bonchev–Trinajstić information content (AvgIpc) is 2.81. The van der Waals surface area contributed by atoms with Crippen molar-refractivity contribution in [3.8, 4) is 6.07 Å². The molecule has 0 bridgehead atoms. The van der Waals surface area contributed by atoms with Gasteiger partial charge in [-0.2, -0.15) is 5.26 Å². The van der Waals surface area contributed by atoms with Crippen LogP contribution in [0.25, 0.3) is 16.5 Å². The number of hydrogen-bond donors (Lipinski definition) is 1. The van der Waals surface area contributed by atoms with Crippen LogP contribution in [0.3, 0.4) is 0 Å². The van der Waals surface area contributed by atoms with Crippen LogP contribution >= 0.6 is 15.9 Å². The number of rotatable bonds is 8. The van der Waals surface area contributed by atoms with Gasteiger partial charge in [-0.1, -0.05) is 78.7 Å². The molecule has 0 saturated heterocycles. The lowest BCUT2D eigenvalue weighted by molar-refractivity contribution is 0.101. The first-order valence-corrected chi connectivity index (χ1v) is 11.9. The molecule has 0 spiro atoms. The van der Waals surface area contributed by atoms with Crippen molar-refractivity contribution >= 4 is 38.2 Å². The summed E-state index contributed by atoms with van der Waals surface area (Å²) in [5.74, 6) is -0.0421. The van der Waals surface area contributed by atoms with Crippen LogP contribution in [0.1, 0.15) is 73.1 Å². The molecule has 0 aliphatic rings. The van der Waals surface area contributed by atoms with Crippen molar-refractivity contribution in [1.29, 1.82) is 5.26 Å². The van der Waals surface area contributed by atoms with Gasteiger partial charge in [-0.25, -0.2) is 0 Å². The van der Waals surface area contributed by atoms with Crippen LogP contribution < -0.4 is 5.32 Å². The third-order valence-corrected chi connectivity index (χ3v) is 5.81. The van der Waals surface area contributed by atoms with Crippen LogP contribution in [0.4, 0.5) is 0 Å². The molecule has 1 atom stereocenters. The molecule has 0 fully saturated rings. The van der Waals surface area contributed by atoms with E-state index in [2.05, 4.69) is 78.6 Å². The van der Waals surface area contributed by atoms with Crippen molar-refractivity contribution < 1.29 is 4.79 Å². The number of benzene rings is 3. The fourth-order valence-electron chi connectivity index (χ4n) is 3.54. The molecule has 0 heterocycles. The van der Waals surface area contributed by atoms with Gasteiger partial charge < -0.3 is 5.32 Å². The van der Waals surface area contributed by atoms with Crippen LogP contribution in [0.5, 0.6) is 0 Å². The quantitative estimate of drug-likeness (QED) is 0.191. The Labute approximate surface area is 206 Å². The molecule has 0 amide bonds. The minimum absolute atomic E-state index is 0.0348. The van der Waals surface area contributed by atoms with Crippen molar-refractivity contribution in [2.45, 2.75) is 46.1 Å². The van der Waals surface area contributed by atoms with Crippen molar-refractivity contribution in [2.75, 3.05) is 0 Å². The number of halogens is 1. The summed E-state index contributed by atoms with van der Waals surface area (Å²) in [6, 6.07) is 19.6. The molecule has 0 aliphatic carbocycles. The van der Waals surface area contributed by atoms with Crippen molar-refractivity contribution in [3.63, 3.8) is 0 Å². The summed E-state index contributed by atoms with van der Waals surface area (Å²) in [4.78, 5) is 11.7. The maximum absolute atomic E-state index is 11.7. The molecule has 4 heteroatoms. The van der Waals surface area contributed by atoms with E-state index in [-0.39, 0.29) is 11.8 Å². The second-order valence-corrected chi connectivity index (χ2v) is 8.84. The van der Waals surface area contributed by atoms with Gasteiger partial charge in [-0.15, -0.1) is 6.58 Å². The van der Waals surface area contributed by atoms with Gasteiger partial charge in [0, 0.05) is 27.3 Å². The Morgan fingerprint density at radius 2 is 1.94 bits per heavy atom. The predicted molar refractivity (Wildman–Crippen MR) is 143 cm³/mol. The molecule has 170 valence electrons. The zero-order valence-electron chi connectivity index (χ0n) is 19.6. The first-order chi connectivity index (χ1) is 15.8. The zero-order chi connectivity index (χ0) is 24.4. The highest BCUT2D eigenvalue weighted by Crippen LogP contribution is 2.30. The molecule has 1 unspecified atom stereocenters. The molecule has 33 heavy (non-hydrogen) atoms. The minimum Gasteiger partial charge on any atom is -0.378 e. The summed E-state index contributed by atoms with van der Waals surface area (Å²) in [5.41, 5.74) is 3.45. The summed E-state index contributed by atoms with van der Waals surface area (Å²) >= 11 is 3.58. The number of nitrogens with one attached hydrogen (secondary N) is 1. The van der Waals surface area contributed by atoms with Gasteiger partial charge in [0.05, 0.1) is 11.6 Å². The highest BCUT2D eigenvalue weighted by Gasteiger charge is 2.15. The molecule has 0 aliphatic heterocycles. The molecular formula is C29H31BrN2O. The van der Waals surface area contributed by atoms with Crippen molar-refractivity contribution in [3.05, 3.63) is 101 Å². The highest BCUT2D eigenvalue weighted by molar-refractivity contribution is 9.10. The molecule has 3 rings (SSSR count). The molecule has 0 saturated carbocycles. The summed E-state index contributed by atoms with van der Waals surface area (Å²) in [6.07, 6.45) is 5.72. The van der Waals surface area contributed by atoms with Crippen LogP contribution in [-0.4, -0.2) is 5.78 Å². The Bertz CT molecular complexity index is 1190. The van der Waals surface area contributed by atoms with Gasteiger partial charge >= 0.3 is 0 Å². The number of nitriles is 1. The van der Waals surface area contributed by atoms with Crippen molar-refractivity contribution in [2.24, 2.45) is 0 Å². The second kappa shape index (κ2) is 12.8. The second-order valence-electron chi connectivity index (χ2n) is 7.92. The first kappa shape index (κ1) is 26.1. The van der Waals surface area contributed by atoms with E-state index < -0.39 is 0 Å². The van der Waals surface area contributed by atoms with Crippen LogP contribution in [0, 0.1) is 11.3 Å². The Kier molecular flexibility index (Phi) is 10.1. The van der Waals surface area contributed by atoms with E-state index in [0.29, 0.717) is 22.4 Å². The summed E-state index contributed by atoms with van der Waals surface area (Å²) in [7, 11) is 0. The molecule has 3 aromatic rings. The lowest BCUT2D eigenvalue weighted by Gasteiger charge is -2.21. The molecular weight excluding hydrogens is 472 g/mol. The Balaban J connectivity index is 0.000000569. The molecule has 3 aromatic carbocycles. The van der Waals surface area contributed by atoms with Crippen LogP contribution in [0.15, 0.2) is 78.3 Å². The van der Waals surface area contributed by atoms with Gasteiger partial charge in [0.25, 0.3) is 0 Å². The smallest absolute Gasteiger partial charge is 0.159 e. The predicted octanol–water partition coefficient (Wildman–Crippen LogP) is 8.36. The molecule has 0 aromatic heterocycles. The Hall–Kier alpha value is -3.16. The number of nitrogens with zero attached hydrogens (tertiary/aromatic N) is 1. The van der Waals surface area contributed by atoms with E-state index in [1.54, 1.807) is 18.2 Å². The maximum atomic E-state index is 11.7. The molecule has 3 nitrogen and oxygen atoms in total. The van der Waals surface area contributed by atoms with E-state index in [0.717, 1.165) is 20.8 Å². The number of ketones is 1.